The van der Waals surface area contributed by atoms with Crippen LogP contribution in [0.25, 0.3) is 0 Å². The van der Waals surface area contributed by atoms with Gasteiger partial charge in [-0.1, -0.05) is 16.3 Å². The molecule has 0 unspecified atom stereocenters. The van der Waals surface area contributed by atoms with Crippen LogP contribution in [0.2, 0.25) is 0 Å². The van der Waals surface area contributed by atoms with Crippen molar-refractivity contribution in [1.29, 1.82) is 0 Å². The molecule has 0 atom stereocenters. The van der Waals surface area contributed by atoms with Crippen molar-refractivity contribution < 1.29 is 0 Å². The van der Waals surface area contributed by atoms with Crippen LogP contribution in [0.4, 0.5) is 5.00 Å². The lowest BCUT2D eigenvalue weighted by Gasteiger charge is -1.98. The lowest BCUT2D eigenvalue weighted by atomic mass is 10.5. The van der Waals surface area contributed by atoms with Gasteiger partial charge in [-0.15, -0.1) is 5.10 Å². The van der Waals surface area contributed by atoms with Gasteiger partial charge >= 0.3 is 0 Å². The van der Waals surface area contributed by atoms with Gasteiger partial charge in [0.1, 0.15) is 10.7 Å². The van der Waals surface area contributed by atoms with Crippen molar-refractivity contribution >= 4 is 28.3 Å². The molecule has 2 heterocycles. The molecule has 0 spiro atoms. The summed E-state index contributed by atoms with van der Waals surface area (Å²) in [6.45, 7) is 0. The Labute approximate surface area is 95.5 Å². The number of thioether (sulfide) groups is 1. The average Bonchev–Trinajstić information content (AvgIpc) is 2.75. The fourth-order valence-corrected chi connectivity index (χ4v) is 2.35. The van der Waals surface area contributed by atoms with E-state index >= 15 is 0 Å². The fourth-order valence-electron chi connectivity index (χ4n) is 0.986. The van der Waals surface area contributed by atoms with E-state index in [-0.39, 0.29) is 0 Å². The minimum atomic E-state index is 0.733. The van der Waals surface area contributed by atoms with E-state index in [2.05, 4.69) is 24.9 Å². The fraction of sp³-hybridized carbons (Fsp3) is 0.250. The van der Waals surface area contributed by atoms with Crippen molar-refractivity contribution in [3.8, 4) is 0 Å². The standard InChI is InChI=1S/C8H9N5S2/c1-9-7-6(12-13-15-7)5-14-8-10-3-2-4-11-8/h2-4,9H,5H2,1H3. The van der Waals surface area contributed by atoms with Gasteiger partial charge in [0.15, 0.2) is 5.16 Å². The predicted octanol–water partition coefficient (Wildman–Crippen LogP) is 1.66. The third kappa shape index (κ3) is 2.63. The molecule has 0 saturated heterocycles. The highest BCUT2D eigenvalue weighted by Gasteiger charge is 2.07. The van der Waals surface area contributed by atoms with Gasteiger partial charge in [-0.25, -0.2) is 9.97 Å². The first-order valence-corrected chi connectivity index (χ1v) is 6.05. The van der Waals surface area contributed by atoms with Gasteiger partial charge in [-0.2, -0.15) is 0 Å². The van der Waals surface area contributed by atoms with Crippen LogP contribution in [0.5, 0.6) is 0 Å². The van der Waals surface area contributed by atoms with Gasteiger partial charge in [-0.05, 0) is 6.07 Å². The topological polar surface area (TPSA) is 63.6 Å². The van der Waals surface area contributed by atoms with Crippen molar-refractivity contribution in [3.05, 3.63) is 24.2 Å². The molecule has 0 radical (unpaired) electrons. The average molecular weight is 239 g/mol. The quantitative estimate of drug-likeness (QED) is 0.646. The van der Waals surface area contributed by atoms with Crippen LogP contribution in [0.15, 0.2) is 23.6 Å². The number of hydrogen-bond acceptors (Lipinski definition) is 7. The summed E-state index contributed by atoms with van der Waals surface area (Å²) >= 11 is 2.91. The van der Waals surface area contributed by atoms with Crippen molar-refractivity contribution in [2.24, 2.45) is 0 Å². The molecule has 0 aliphatic carbocycles. The van der Waals surface area contributed by atoms with Crippen LogP contribution < -0.4 is 5.32 Å². The van der Waals surface area contributed by atoms with E-state index in [0.717, 1.165) is 21.6 Å². The zero-order valence-corrected chi connectivity index (χ0v) is 9.68. The Morgan fingerprint density at radius 2 is 2.20 bits per heavy atom. The first-order chi connectivity index (χ1) is 7.40. The van der Waals surface area contributed by atoms with Crippen molar-refractivity contribution in [3.63, 3.8) is 0 Å². The summed E-state index contributed by atoms with van der Waals surface area (Å²) in [5.41, 5.74) is 0.944. The molecule has 0 amide bonds. The summed E-state index contributed by atoms with van der Waals surface area (Å²) in [7, 11) is 1.86. The summed E-state index contributed by atoms with van der Waals surface area (Å²) < 4.78 is 3.88. The second-order valence-corrected chi connectivity index (χ2v) is 4.32. The van der Waals surface area contributed by atoms with Crippen LogP contribution >= 0.6 is 23.3 Å². The molecule has 0 aliphatic rings. The largest absolute Gasteiger partial charge is 0.377 e. The minimum Gasteiger partial charge on any atom is -0.377 e. The molecular weight excluding hydrogens is 230 g/mol. The molecule has 5 nitrogen and oxygen atoms in total. The Morgan fingerprint density at radius 1 is 1.40 bits per heavy atom. The molecule has 2 rings (SSSR count). The first-order valence-electron chi connectivity index (χ1n) is 4.29. The third-order valence-electron chi connectivity index (χ3n) is 1.66. The molecule has 78 valence electrons. The maximum Gasteiger partial charge on any atom is 0.187 e. The SMILES string of the molecule is CNc1snnc1CSc1ncccn1. The van der Waals surface area contributed by atoms with Crippen molar-refractivity contribution in [1.82, 2.24) is 19.6 Å². The summed E-state index contributed by atoms with van der Waals surface area (Å²) in [6, 6.07) is 1.80. The maximum absolute atomic E-state index is 4.12. The zero-order valence-electron chi connectivity index (χ0n) is 8.04. The Bertz CT molecular complexity index is 416. The number of rotatable bonds is 4. The highest BCUT2D eigenvalue weighted by Crippen LogP contribution is 2.24. The van der Waals surface area contributed by atoms with Crippen LogP contribution in [0.1, 0.15) is 5.69 Å². The van der Waals surface area contributed by atoms with E-state index in [1.54, 1.807) is 30.2 Å². The Morgan fingerprint density at radius 3 is 2.93 bits per heavy atom. The van der Waals surface area contributed by atoms with E-state index in [1.165, 1.54) is 11.5 Å². The molecule has 0 aliphatic heterocycles. The van der Waals surface area contributed by atoms with E-state index in [9.17, 15) is 0 Å². The third-order valence-corrected chi connectivity index (χ3v) is 3.34. The number of aromatic nitrogens is 4. The smallest absolute Gasteiger partial charge is 0.187 e. The lowest BCUT2D eigenvalue weighted by molar-refractivity contribution is 0.963. The van der Waals surface area contributed by atoms with Gasteiger partial charge in [-0.3, -0.25) is 0 Å². The molecule has 0 aromatic carbocycles. The highest BCUT2D eigenvalue weighted by molar-refractivity contribution is 7.98. The van der Waals surface area contributed by atoms with E-state index < -0.39 is 0 Å². The molecule has 0 saturated carbocycles. The first kappa shape index (κ1) is 10.3. The van der Waals surface area contributed by atoms with Gasteiger partial charge < -0.3 is 5.32 Å². The number of nitrogens with one attached hydrogen (secondary N) is 1. The van der Waals surface area contributed by atoms with Crippen molar-refractivity contribution in [2.45, 2.75) is 10.9 Å². The van der Waals surface area contributed by atoms with E-state index in [4.69, 9.17) is 0 Å². The second kappa shape index (κ2) is 5.04. The van der Waals surface area contributed by atoms with Gasteiger partial charge in [0.25, 0.3) is 0 Å². The molecule has 0 bridgehead atoms. The van der Waals surface area contributed by atoms with Gasteiger partial charge in [0, 0.05) is 36.7 Å². The molecule has 0 fully saturated rings. The van der Waals surface area contributed by atoms with Gasteiger partial charge in [0.05, 0.1) is 0 Å². The number of anilines is 1. The summed E-state index contributed by atoms with van der Waals surface area (Å²) in [4.78, 5) is 8.24. The monoisotopic (exact) mass is 239 g/mol. The predicted molar refractivity (Wildman–Crippen MR) is 61.0 cm³/mol. The summed E-state index contributed by atoms with van der Waals surface area (Å²) in [5, 5.41) is 8.84. The Hall–Kier alpha value is -1.21. The van der Waals surface area contributed by atoms with E-state index in [0.29, 0.717) is 0 Å². The van der Waals surface area contributed by atoms with Crippen LogP contribution in [-0.4, -0.2) is 26.6 Å². The summed E-state index contributed by atoms with van der Waals surface area (Å²) in [5.74, 6) is 0.733. The van der Waals surface area contributed by atoms with Crippen LogP contribution in [0.3, 0.4) is 0 Å². The molecule has 1 N–H and O–H groups in total. The summed E-state index contributed by atoms with van der Waals surface area (Å²) in [6.07, 6.45) is 3.46. The molecule has 2 aromatic rings. The molecular formula is C8H9N5S2. The Balaban J connectivity index is 1.99. The zero-order chi connectivity index (χ0) is 10.5. The maximum atomic E-state index is 4.12. The van der Waals surface area contributed by atoms with E-state index in [1.807, 2.05) is 7.05 Å². The number of hydrogen-bond donors (Lipinski definition) is 1. The number of nitrogens with zero attached hydrogens (tertiary/aromatic N) is 4. The van der Waals surface area contributed by atoms with Crippen molar-refractivity contribution in [2.75, 3.05) is 12.4 Å². The van der Waals surface area contributed by atoms with Crippen LogP contribution in [-0.2, 0) is 5.75 Å². The molecule has 7 heteroatoms. The molecule has 15 heavy (non-hydrogen) atoms. The highest BCUT2D eigenvalue weighted by atomic mass is 32.2. The molecule has 2 aromatic heterocycles. The minimum absolute atomic E-state index is 0.733. The second-order valence-electron chi connectivity index (χ2n) is 2.62. The Kier molecular flexibility index (Phi) is 3.46. The lowest BCUT2D eigenvalue weighted by Crippen LogP contribution is -1.91. The van der Waals surface area contributed by atoms with Crippen LogP contribution in [0, 0.1) is 0 Å². The normalized spacial score (nSPS) is 10.2. The van der Waals surface area contributed by atoms with Gasteiger partial charge in [0.2, 0.25) is 0 Å².